The van der Waals surface area contributed by atoms with Gasteiger partial charge in [0.1, 0.15) is 29.7 Å². The molecule has 0 aliphatic rings. The van der Waals surface area contributed by atoms with Crippen LogP contribution in [0.1, 0.15) is 24.2 Å². The van der Waals surface area contributed by atoms with Gasteiger partial charge in [0.15, 0.2) is 0 Å². The van der Waals surface area contributed by atoms with Gasteiger partial charge in [0.25, 0.3) is 0 Å². The zero-order valence-corrected chi connectivity index (χ0v) is 11.8. The van der Waals surface area contributed by atoms with Gasteiger partial charge in [-0.3, -0.25) is 0 Å². The molecule has 2 rings (SSSR count). The third kappa shape index (κ3) is 3.70. The summed E-state index contributed by atoms with van der Waals surface area (Å²) in [5, 5.41) is 9.61. The minimum Gasteiger partial charge on any atom is -0.497 e. The number of methoxy groups -OCH3 is 1. The van der Waals surface area contributed by atoms with Crippen molar-refractivity contribution in [3.8, 4) is 11.5 Å². The van der Waals surface area contributed by atoms with Crippen LogP contribution in [0.5, 0.6) is 11.5 Å². The van der Waals surface area contributed by atoms with Crippen LogP contribution in [-0.2, 0) is 6.61 Å². The fourth-order valence-electron chi connectivity index (χ4n) is 1.90. The number of halogens is 2. The molecule has 0 fully saturated rings. The van der Waals surface area contributed by atoms with E-state index >= 15 is 0 Å². The molecular weight excluding hydrogens is 278 g/mol. The summed E-state index contributed by atoms with van der Waals surface area (Å²) in [7, 11) is 1.46. The number of aliphatic hydroxyl groups excluding tert-OH is 1. The van der Waals surface area contributed by atoms with Gasteiger partial charge in [0.05, 0.1) is 13.2 Å². The van der Waals surface area contributed by atoms with E-state index in [0.29, 0.717) is 22.6 Å². The number of benzene rings is 2. The Morgan fingerprint density at radius 3 is 2.52 bits per heavy atom. The molecule has 0 aliphatic carbocycles. The number of hydrogen-bond acceptors (Lipinski definition) is 3. The highest BCUT2D eigenvalue weighted by molar-refractivity contribution is 5.36. The first kappa shape index (κ1) is 15.3. The SMILES string of the molecule is COc1ccc(COc2ccc(F)cc2C(C)O)c(F)c1. The fourth-order valence-corrected chi connectivity index (χ4v) is 1.90. The molecular formula is C16H16F2O3. The van der Waals surface area contributed by atoms with Gasteiger partial charge >= 0.3 is 0 Å². The molecule has 0 aromatic heterocycles. The van der Waals surface area contributed by atoms with E-state index in [1.54, 1.807) is 12.1 Å². The monoisotopic (exact) mass is 294 g/mol. The zero-order chi connectivity index (χ0) is 15.4. The van der Waals surface area contributed by atoms with E-state index in [-0.39, 0.29) is 6.61 Å². The van der Waals surface area contributed by atoms with Crippen molar-refractivity contribution in [1.29, 1.82) is 0 Å². The molecule has 0 saturated heterocycles. The second kappa shape index (κ2) is 6.54. The van der Waals surface area contributed by atoms with E-state index < -0.39 is 17.7 Å². The van der Waals surface area contributed by atoms with E-state index in [1.807, 2.05) is 0 Å². The molecule has 21 heavy (non-hydrogen) atoms. The Morgan fingerprint density at radius 2 is 1.90 bits per heavy atom. The summed E-state index contributed by atoms with van der Waals surface area (Å²) in [6.07, 6.45) is -0.878. The third-order valence-corrected chi connectivity index (χ3v) is 3.07. The Hall–Kier alpha value is -2.14. The molecule has 3 nitrogen and oxygen atoms in total. The molecule has 0 bridgehead atoms. The van der Waals surface area contributed by atoms with Crippen LogP contribution >= 0.6 is 0 Å². The maximum Gasteiger partial charge on any atom is 0.133 e. The molecule has 112 valence electrons. The second-order valence-electron chi connectivity index (χ2n) is 4.60. The van der Waals surface area contributed by atoms with Gasteiger partial charge in [0.2, 0.25) is 0 Å². The molecule has 0 heterocycles. The summed E-state index contributed by atoms with van der Waals surface area (Å²) in [5.41, 5.74) is 0.667. The lowest BCUT2D eigenvalue weighted by atomic mass is 10.1. The highest BCUT2D eigenvalue weighted by Gasteiger charge is 2.12. The van der Waals surface area contributed by atoms with E-state index in [4.69, 9.17) is 9.47 Å². The van der Waals surface area contributed by atoms with Gasteiger partial charge in [-0.15, -0.1) is 0 Å². The van der Waals surface area contributed by atoms with Gasteiger partial charge in [-0.25, -0.2) is 8.78 Å². The van der Waals surface area contributed by atoms with Gasteiger partial charge in [0, 0.05) is 17.2 Å². The number of rotatable bonds is 5. The van der Waals surface area contributed by atoms with Crippen LogP contribution in [0.2, 0.25) is 0 Å². The summed E-state index contributed by atoms with van der Waals surface area (Å²) in [6.45, 7) is 1.48. The first-order valence-corrected chi connectivity index (χ1v) is 6.44. The van der Waals surface area contributed by atoms with E-state index in [2.05, 4.69) is 0 Å². The van der Waals surface area contributed by atoms with E-state index in [0.717, 1.165) is 0 Å². The fraction of sp³-hybridized carbons (Fsp3) is 0.250. The van der Waals surface area contributed by atoms with Crippen LogP contribution in [0.15, 0.2) is 36.4 Å². The predicted octanol–water partition coefficient (Wildman–Crippen LogP) is 3.61. The van der Waals surface area contributed by atoms with Crippen LogP contribution in [0.3, 0.4) is 0 Å². The topological polar surface area (TPSA) is 38.7 Å². The number of aliphatic hydroxyl groups is 1. The predicted molar refractivity (Wildman–Crippen MR) is 74.3 cm³/mol. The van der Waals surface area contributed by atoms with Crippen molar-refractivity contribution in [3.05, 3.63) is 59.2 Å². The molecule has 1 atom stereocenters. The van der Waals surface area contributed by atoms with Crippen LogP contribution in [0, 0.1) is 11.6 Å². The molecule has 0 spiro atoms. The molecule has 0 saturated carbocycles. The van der Waals surface area contributed by atoms with E-state index in [1.165, 1.54) is 38.3 Å². The molecule has 0 aliphatic heterocycles. The van der Waals surface area contributed by atoms with Crippen molar-refractivity contribution >= 4 is 0 Å². The van der Waals surface area contributed by atoms with Crippen molar-refractivity contribution in [2.45, 2.75) is 19.6 Å². The standard InChI is InChI=1S/C16H16F2O3/c1-10(19)14-7-12(17)4-6-16(14)21-9-11-3-5-13(20-2)8-15(11)18/h3-8,10,19H,9H2,1-2H3. The first-order valence-electron chi connectivity index (χ1n) is 6.44. The average Bonchev–Trinajstić information content (AvgIpc) is 2.46. The Kier molecular flexibility index (Phi) is 4.75. The highest BCUT2D eigenvalue weighted by Crippen LogP contribution is 2.27. The quantitative estimate of drug-likeness (QED) is 0.915. The molecule has 2 aromatic rings. The van der Waals surface area contributed by atoms with Crippen molar-refractivity contribution in [2.24, 2.45) is 0 Å². The maximum absolute atomic E-state index is 13.8. The normalized spacial score (nSPS) is 12.0. The maximum atomic E-state index is 13.8. The molecule has 1 N–H and O–H groups in total. The third-order valence-electron chi connectivity index (χ3n) is 3.07. The molecule has 1 unspecified atom stereocenters. The number of hydrogen-bond donors (Lipinski definition) is 1. The van der Waals surface area contributed by atoms with Gasteiger partial charge in [-0.2, -0.15) is 0 Å². The highest BCUT2D eigenvalue weighted by atomic mass is 19.1. The average molecular weight is 294 g/mol. The Bertz CT molecular complexity index is 627. The van der Waals surface area contributed by atoms with Crippen LogP contribution in [-0.4, -0.2) is 12.2 Å². The van der Waals surface area contributed by atoms with Crippen LogP contribution < -0.4 is 9.47 Å². The van der Waals surface area contributed by atoms with Crippen molar-refractivity contribution in [2.75, 3.05) is 7.11 Å². The molecule has 2 aromatic carbocycles. The zero-order valence-electron chi connectivity index (χ0n) is 11.8. The Balaban J connectivity index is 2.16. The molecule has 0 amide bonds. The van der Waals surface area contributed by atoms with Crippen LogP contribution in [0.25, 0.3) is 0 Å². The van der Waals surface area contributed by atoms with E-state index in [9.17, 15) is 13.9 Å². The summed E-state index contributed by atoms with van der Waals surface area (Å²) < 4.78 is 37.4. The summed E-state index contributed by atoms with van der Waals surface area (Å²) in [6, 6.07) is 8.29. The summed E-state index contributed by atoms with van der Waals surface area (Å²) in [4.78, 5) is 0. The lowest BCUT2D eigenvalue weighted by Crippen LogP contribution is -2.03. The Morgan fingerprint density at radius 1 is 1.14 bits per heavy atom. The van der Waals surface area contributed by atoms with Gasteiger partial charge < -0.3 is 14.6 Å². The van der Waals surface area contributed by atoms with Crippen molar-refractivity contribution in [1.82, 2.24) is 0 Å². The molecule has 0 radical (unpaired) electrons. The minimum atomic E-state index is -0.878. The van der Waals surface area contributed by atoms with Gasteiger partial charge in [-0.1, -0.05) is 0 Å². The lowest BCUT2D eigenvalue weighted by molar-refractivity contribution is 0.189. The summed E-state index contributed by atoms with van der Waals surface area (Å²) in [5.74, 6) is -0.173. The van der Waals surface area contributed by atoms with Gasteiger partial charge in [-0.05, 0) is 37.3 Å². The lowest BCUT2D eigenvalue weighted by Gasteiger charge is -2.14. The smallest absolute Gasteiger partial charge is 0.133 e. The largest absolute Gasteiger partial charge is 0.497 e. The summed E-state index contributed by atoms with van der Waals surface area (Å²) >= 11 is 0. The second-order valence-corrected chi connectivity index (χ2v) is 4.60. The van der Waals surface area contributed by atoms with Crippen LogP contribution in [0.4, 0.5) is 8.78 Å². The molecule has 5 heteroatoms. The number of ether oxygens (including phenoxy) is 2. The van der Waals surface area contributed by atoms with Crippen molar-refractivity contribution < 1.29 is 23.4 Å². The first-order chi connectivity index (χ1) is 10.0. The van der Waals surface area contributed by atoms with Crippen molar-refractivity contribution in [3.63, 3.8) is 0 Å². The minimum absolute atomic E-state index is 0.0266. The Labute approximate surface area is 121 Å².